The monoisotopic (exact) mass is 471 g/mol. The second-order valence-electron chi connectivity index (χ2n) is 6.17. The summed E-state index contributed by atoms with van der Waals surface area (Å²) in [5.74, 6) is 1.29. The zero-order valence-corrected chi connectivity index (χ0v) is 18.8. The number of methoxy groups -OCH3 is 1. The molecule has 0 aliphatic carbocycles. The average molecular weight is 473 g/mol. The van der Waals surface area contributed by atoms with Crippen molar-refractivity contribution in [1.82, 2.24) is 5.32 Å². The van der Waals surface area contributed by atoms with Crippen molar-refractivity contribution in [3.05, 3.63) is 92.4 Å². The van der Waals surface area contributed by atoms with Crippen LogP contribution in [0.2, 0.25) is 15.1 Å². The van der Waals surface area contributed by atoms with E-state index in [4.69, 9.17) is 44.3 Å². The van der Waals surface area contributed by atoms with Crippen LogP contribution in [0.5, 0.6) is 11.5 Å². The van der Waals surface area contributed by atoms with E-state index in [2.05, 4.69) is 5.32 Å². The number of hydrogen-bond acceptors (Lipinski definition) is 3. The van der Waals surface area contributed by atoms with Crippen LogP contribution in [0.25, 0.3) is 0 Å². The Morgan fingerprint density at radius 3 is 2.17 bits per heavy atom. The number of benzene rings is 3. The minimum Gasteiger partial charge on any atom is -0.493 e. The number of halogens is 4. The van der Waals surface area contributed by atoms with Gasteiger partial charge in [0, 0.05) is 33.7 Å². The molecule has 3 aromatic rings. The summed E-state index contributed by atoms with van der Waals surface area (Å²) in [4.78, 5) is 0. The van der Waals surface area contributed by atoms with E-state index >= 15 is 0 Å². The zero-order chi connectivity index (χ0) is 19.9. The Balaban J connectivity index is 0.00000300. The lowest BCUT2D eigenvalue weighted by atomic mass is 10.2. The molecule has 0 fully saturated rings. The quantitative estimate of drug-likeness (QED) is 0.384. The van der Waals surface area contributed by atoms with Gasteiger partial charge in [0.1, 0.15) is 6.61 Å². The number of nitrogens with one attached hydrogen (secondary N) is 1. The Kier molecular flexibility index (Phi) is 9.41. The first-order valence-corrected chi connectivity index (χ1v) is 9.88. The lowest BCUT2D eigenvalue weighted by Gasteiger charge is -2.14. The molecular weight excluding hydrogens is 452 g/mol. The van der Waals surface area contributed by atoms with Gasteiger partial charge in [0.15, 0.2) is 11.5 Å². The van der Waals surface area contributed by atoms with Gasteiger partial charge in [-0.2, -0.15) is 0 Å². The van der Waals surface area contributed by atoms with Crippen LogP contribution in [-0.2, 0) is 19.7 Å². The fourth-order valence-electron chi connectivity index (χ4n) is 2.74. The predicted molar refractivity (Wildman–Crippen MR) is 123 cm³/mol. The van der Waals surface area contributed by atoms with Gasteiger partial charge < -0.3 is 14.8 Å². The molecule has 0 amide bonds. The van der Waals surface area contributed by atoms with E-state index in [9.17, 15) is 0 Å². The third-order valence-electron chi connectivity index (χ3n) is 4.26. The van der Waals surface area contributed by atoms with Crippen molar-refractivity contribution < 1.29 is 9.47 Å². The van der Waals surface area contributed by atoms with Crippen LogP contribution in [0.4, 0.5) is 0 Å². The molecule has 0 aromatic heterocycles. The highest BCUT2D eigenvalue weighted by Crippen LogP contribution is 2.31. The maximum absolute atomic E-state index is 6.20. The molecular formula is C22H21Cl4NO2. The second-order valence-corrected chi connectivity index (χ2v) is 7.39. The molecule has 0 heterocycles. The van der Waals surface area contributed by atoms with Crippen LogP contribution in [0, 0.1) is 0 Å². The molecule has 0 bridgehead atoms. The van der Waals surface area contributed by atoms with Crippen molar-refractivity contribution in [2.24, 2.45) is 0 Å². The SMILES string of the molecule is COc1cc(CNCc2ccccc2Cl)ccc1OCc1c(Cl)cccc1Cl.Cl. The van der Waals surface area contributed by atoms with Crippen LogP contribution in [0.15, 0.2) is 60.7 Å². The fourth-order valence-corrected chi connectivity index (χ4v) is 3.45. The van der Waals surface area contributed by atoms with Crippen molar-refractivity contribution in [3.8, 4) is 11.5 Å². The first-order chi connectivity index (χ1) is 13.6. The van der Waals surface area contributed by atoms with Gasteiger partial charge in [-0.3, -0.25) is 0 Å². The molecule has 0 spiro atoms. The Labute approximate surface area is 192 Å². The summed E-state index contributed by atoms with van der Waals surface area (Å²) in [5, 5.41) is 5.30. The highest BCUT2D eigenvalue weighted by Gasteiger charge is 2.10. The molecule has 154 valence electrons. The molecule has 3 aromatic carbocycles. The number of ether oxygens (including phenoxy) is 2. The van der Waals surface area contributed by atoms with E-state index in [1.54, 1.807) is 25.3 Å². The minimum absolute atomic E-state index is 0. The number of rotatable bonds is 8. The largest absolute Gasteiger partial charge is 0.493 e. The van der Waals surface area contributed by atoms with E-state index in [1.165, 1.54) is 0 Å². The van der Waals surface area contributed by atoms with E-state index in [0.717, 1.165) is 21.7 Å². The van der Waals surface area contributed by atoms with Gasteiger partial charge in [-0.1, -0.05) is 65.1 Å². The molecule has 0 aliphatic rings. The smallest absolute Gasteiger partial charge is 0.161 e. The maximum atomic E-state index is 6.20. The summed E-state index contributed by atoms with van der Waals surface area (Å²) < 4.78 is 11.4. The maximum Gasteiger partial charge on any atom is 0.161 e. The standard InChI is InChI=1S/C22H20Cl3NO2.ClH/c1-27-22-11-15(12-26-13-16-5-2-3-6-18(16)23)9-10-21(22)28-14-17-19(24)7-4-8-20(17)25;/h2-11,26H,12-14H2,1H3;1H. The molecule has 0 unspecified atom stereocenters. The van der Waals surface area contributed by atoms with Crippen molar-refractivity contribution in [2.75, 3.05) is 7.11 Å². The van der Waals surface area contributed by atoms with E-state index < -0.39 is 0 Å². The van der Waals surface area contributed by atoms with Crippen LogP contribution >= 0.6 is 47.2 Å². The topological polar surface area (TPSA) is 30.5 Å². The summed E-state index contributed by atoms with van der Waals surface area (Å²) in [5.41, 5.74) is 2.89. The first-order valence-electron chi connectivity index (χ1n) is 8.75. The van der Waals surface area contributed by atoms with Crippen LogP contribution in [-0.4, -0.2) is 7.11 Å². The van der Waals surface area contributed by atoms with Crippen molar-refractivity contribution in [2.45, 2.75) is 19.7 Å². The fraction of sp³-hybridized carbons (Fsp3) is 0.182. The molecule has 0 saturated carbocycles. The second kappa shape index (κ2) is 11.5. The van der Waals surface area contributed by atoms with Crippen molar-refractivity contribution in [1.29, 1.82) is 0 Å². The van der Waals surface area contributed by atoms with E-state index in [-0.39, 0.29) is 19.0 Å². The summed E-state index contributed by atoms with van der Waals surface area (Å²) >= 11 is 18.6. The third kappa shape index (κ3) is 6.43. The Morgan fingerprint density at radius 2 is 1.48 bits per heavy atom. The molecule has 0 aliphatic heterocycles. The molecule has 7 heteroatoms. The van der Waals surface area contributed by atoms with Gasteiger partial charge in [0.2, 0.25) is 0 Å². The van der Waals surface area contributed by atoms with Crippen molar-refractivity contribution in [3.63, 3.8) is 0 Å². The van der Waals surface area contributed by atoms with Gasteiger partial charge in [-0.25, -0.2) is 0 Å². The number of hydrogen-bond donors (Lipinski definition) is 1. The van der Waals surface area contributed by atoms with Gasteiger partial charge in [-0.05, 0) is 41.5 Å². The zero-order valence-electron chi connectivity index (χ0n) is 15.8. The van der Waals surface area contributed by atoms with E-state index in [1.807, 2.05) is 42.5 Å². The lowest BCUT2D eigenvalue weighted by molar-refractivity contribution is 0.284. The molecule has 0 radical (unpaired) electrons. The van der Waals surface area contributed by atoms with Gasteiger partial charge >= 0.3 is 0 Å². The highest BCUT2D eigenvalue weighted by molar-refractivity contribution is 6.36. The molecule has 29 heavy (non-hydrogen) atoms. The van der Waals surface area contributed by atoms with Crippen molar-refractivity contribution >= 4 is 47.2 Å². The summed E-state index contributed by atoms with van der Waals surface area (Å²) in [6, 6.07) is 19.0. The van der Waals surface area contributed by atoms with Gasteiger partial charge in [0.05, 0.1) is 7.11 Å². The van der Waals surface area contributed by atoms with Crippen LogP contribution in [0.3, 0.4) is 0 Å². The molecule has 0 atom stereocenters. The molecule has 3 rings (SSSR count). The molecule has 1 N–H and O–H groups in total. The lowest BCUT2D eigenvalue weighted by Crippen LogP contribution is -2.13. The van der Waals surface area contributed by atoms with Crippen LogP contribution in [0.1, 0.15) is 16.7 Å². The Hall–Kier alpha value is -1.62. The first kappa shape index (κ1) is 23.7. The third-order valence-corrected chi connectivity index (χ3v) is 5.34. The minimum atomic E-state index is 0. The summed E-state index contributed by atoms with van der Waals surface area (Å²) in [7, 11) is 1.62. The van der Waals surface area contributed by atoms with Gasteiger partial charge in [-0.15, -0.1) is 12.4 Å². The Bertz CT molecular complexity index is 930. The average Bonchev–Trinajstić information content (AvgIpc) is 2.69. The molecule has 3 nitrogen and oxygen atoms in total. The van der Waals surface area contributed by atoms with E-state index in [0.29, 0.717) is 34.6 Å². The summed E-state index contributed by atoms with van der Waals surface area (Å²) in [6.45, 7) is 1.63. The Morgan fingerprint density at radius 1 is 0.793 bits per heavy atom. The predicted octanol–water partition coefficient (Wildman–Crippen LogP) is 6.95. The summed E-state index contributed by atoms with van der Waals surface area (Å²) in [6.07, 6.45) is 0. The van der Waals surface area contributed by atoms with Crippen LogP contribution < -0.4 is 14.8 Å². The van der Waals surface area contributed by atoms with Gasteiger partial charge in [0.25, 0.3) is 0 Å². The normalized spacial score (nSPS) is 10.3. The molecule has 0 saturated heterocycles. The highest BCUT2D eigenvalue weighted by atomic mass is 35.5.